The van der Waals surface area contributed by atoms with Crippen molar-refractivity contribution in [3.63, 3.8) is 0 Å². The predicted molar refractivity (Wildman–Crippen MR) is 190 cm³/mol. The number of nitrogens with zero attached hydrogens (tertiary/aromatic N) is 1. The number of ether oxygens (including phenoxy) is 2. The van der Waals surface area contributed by atoms with Crippen LogP contribution in [0.3, 0.4) is 0 Å². The summed E-state index contributed by atoms with van der Waals surface area (Å²) < 4.78 is 11.2. The van der Waals surface area contributed by atoms with Gasteiger partial charge in [-0.2, -0.15) is 0 Å². The molecule has 3 heterocycles. The number of aromatic nitrogens is 1. The number of anilines is 2. The second-order valence-corrected chi connectivity index (χ2v) is 15.8. The first kappa shape index (κ1) is 33.1. The molecule has 256 valence electrons. The monoisotopic (exact) mass is 749 g/mol. The molecule has 6 unspecified atom stereocenters. The number of esters is 1. The van der Waals surface area contributed by atoms with Gasteiger partial charge in [0.2, 0.25) is 11.8 Å². The van der Waals surface area contributed by atoms with Crippen LogP contribution in [0.25, 0.3) is 0 Å². The fraction of sp³-hybridized carbons (Fsp3) is 0.306. The summed E-state index contributed by atoms with van der Waals surface area (Å²) in [6.45, 7) is 1.67. The second-order valence-electron chi connectivity index (χ2n) is 12.8. The van der Waals surface area contributed by atoms with Crippen LogP contribution in [0.15, 0.2) is 76.6 Å². The number of H-pyrrole nitrogens is 1. The Hall–Kier alpha value is -4.10. The van der Waals surface area contributed by atoms with E-state index in [0.717, 1.165) is 21.2 Å². The summed E-state index contributed by atoms with van der Waals surface area (Å²) in [5, 5.41) is 4.46. The first-order valence-corrected chi connectivity index (χ1v) is 18.6. The van der Waals surface area contributed by atoms with Gasteiger partial charge >= 0.3 is 10.8 Å². The molecule has 50 heavy (non-hydrogen) atoms. The van der Waals surface area contributed by atoms with Gasteiger partial charge in [-0.3, -0.25) is 24.1 Å². The van der Waals surface area contributed by atoms with Crippen molar-refractivity contribution in [1.82, 2.24) is 4.98 Å². The van der Waals surface area contributed by atoms with Gasteiger partial charge in [-0.05, 0) is 97.8 Å². The molecule has 0 radical (unpaired) electrons. The van der Waals surface area contributed by atoms with E-state index in [1.807, 2.05) is 0 Å². The molecule has 1 aromatic heterocycles. The smallest absolute Gasteiger partial charge is 0.338 e. The number of fused-ring (bicyclic) bond motifs is 9. The van der Waals surface area contributed by atoms with Gasteiger partial charge < -0.3 is 19.8 Å². The molecule has 0 spiro atoms. The minimum Gasteiger partial charge on any atom is -0.483 e. The molecule has 3 aromatic carbocycles. The van der Waals surface area contributed by atoms with Crippen LogP contribution >= 0.6 is 46.3 Å². The van der Waals surface area contributed by atoms with E-state index in [1.165, 1.54) is 4.90 Å². The van der Waals surface area contributed by atoms with Crippen molar-refractivity contribution in [3.8, 4) is 5.75 Å². The van der Waals surface area contributed by atoms with Crippen LogP contribution in [0, 0.1) is 29.6 Å². The van der Waals surface area contributed by atoms with Crippen molar-refractivity contribution < 1.29 is 28.7 Å². The number of halogens is 2. The highest BCUT2D eigenvalue weighted by Gasteiger charge is 2.69. The predicted octanol–water partition coefficient (Wildman–Crippen LogP) is 6.62. The second kappa shape index (κ2) is 12.9. The van der Waals surface area contributed by atoms with Gasteiger partial charge in [0.05, 0.1) is 34.7 Å². The van der Waals surface area contributed by atoms with E-state index in [9.17, 15) is 24.0 Å². The minimum absolute atomic E-state index is 0.0429. The maximum Gasteiger partial charge on any atom is 0.338 e. The van der Waals surface area contributed by atoms with Crippen molar-refractivity contribution >= 4 is 81.4 Å². The number of rotatable bonds is 8. The lowest BCUT2D eigenvalue weighted by molar-refractivity contribution is -0.123. The number of aromatic amines is 1. The number of carbonyl (C=O) groups is 4. The molecule has 4 aromatic rings. The average molecular weight is 751 g/mol. The summed E-state index contributed by atoms with van der Waals surface area (Å²) in [7, 11) is 0. The van der Waals surface area contributed by atoms with Gasteiger partial charge in [-0.1, -0.05) is 34.5 Å². The molecule has 1 saturated heterocycles. The topological polar surface area (TPSA) is 135 Å². The third kappa shape index (κ3) is 5.53. The third-order valence-corrected chi connectivity index (χ3v) is 13.2. The van der Waals surface area contributed by atoms with Crippen molar-refractivity contribution in [2.24, 2.45) is 29.6 Å². The fourth-order valence-electron chi connectivity index (χ4n) is 8.35. The van der Waals surface area contributed by atoms with Gasteiger partial charge in [0.1, 0.15) is 5.75 Å². The van der Waals surface area contributed by atoms with E-state index in [2.05, 4.69) is 10.3 Å². The number of amides is 3. The van der Waals surface area contributed by atoms with Gasteiger partial charge in [0, 0.05) is 37.3 Å². The first-order valence-electron chi connectivity index (χ1n) is 16.1. The highest BCUT2D eigenvalue weighted by atomic mass is 35.5. The standard InChI is InChI=1S/C36H29Cl2N3O7S2/c1-2-47-35(45)16-3-8-19(9-4-16)39-25(42)15-48-24-12-7-18(38)13-21(24)26-27-22-14-23(30(27)49-32-31(26)50-36(46)40-32)29-28(22)33(43)41(34(29)44)20-10-5-17(37)6-11-20/h3-13,22-23,26-30H,2,14-15H2,1H3,(H,39,42)(H,40,46)/t22?,23?,26-,27?,28?,29?,30?/m1/s1. The Labute approximate surface area is 304 Å². The molecular weight excluding hydrogens is 721 g/mol. The summed E-state index contributed by atoms with van der Waals surface area (Å²) in [4.78, 5) is 70.7. The zero-order valence-corrected chi connectivity index (χ0v) is 29.5. The molecule has 2 N–H and O–H groups in total. The zero-order valence-electron chi connectivity index (χ0n) is 26.4. The molecule has 7 atom stereocenters. The Kier molecular flexibility index (Phi) is 8.53. The average Bonchev–Trinajstić information content (AvgIpc) is 3.84. The molecule has 2 bridgehead atoms. The fourth-order valence-corrected chi connectivity index (χ4v) is 11.5. The van der Waals surface area contributed by atoms with E-state index in [-0.39, 0.29) is 58.8 Å². The van der Waals surface area contributed by atoms with Crippen molar-refractivity contribution in [2.45, 2.75) is 29.5 Å². The molecule has 10 nitrogen and oxygen atoms in total. The van der Waals surface area contributed by atoms with E-state index >= 15 is 0 Å². The van der Waals surface area contributed by atoms with E-state index in [4.69, 9.17) is 32.7 Å². The Morgan fingerprint density at radius 3 is 2.36 bits per heavy atom. The molecule has 4 aliphatic rings. The Morgan fingerprint density at radius 2 is 1.64 bits per heavy atom. The lowest BCUT2D eigenvalue weighted by Crippen LogP contribution is -2.42. The molecule has 3 fully saturated rings. The normalized spacial score (nSPS) is 26.0. The lowest BCUT2D eigenvalue weighted by Gasteiger charge is -2.43. The van der Waals surface area contributed by atoms with Crippen LogP contribution in [0.2, 0.25) is 10.0 Å². The molecule has 14 heteroatoms. The van der Waals surface area contributed by atoms with E-state index in [1.54, 1.807) is 85.4 Å². The van der Waals surface area contributed by atoms with Crippen LogP contribution in [0.4, 0.5) is 11.4 Å². The maximum absolute atomic E-state index is 14.1. The van der Waals surface area contributed by atoms with Crippen molar-refractivity contribution in [3.05, 3.63) is 102 Å². The molecule has 2 aliphatic heterocycles. The van der Waals surface area contributed by atoms with Crippen LogP contribution < -0.4 is 19.8 Å². The molecule has 2 aliphatic carbocycles. The highest BCUT2D eigenvalue weighted by molar-refractivity contribution is 8.00. The third-order valence-electron chi connectivity index (χ3n) is 10.2. The van der Waals surface area contributed by atoms with Gasteiger partial charge in [-0.15, -0.1) is 11.8 Å². The lowest BCUT2D eigenvalue weighted by atomic mass is 9.68. The number of thiazole rings is 1. The molecular formula is C36H29Cl2N3O7S2. The Balaban J connectivity index is 1.08. The van der Waals surface area contributed by atoms with E-state index < -0.39 is 23.7 Å². The van der Waals surface area contributed by atoms with Crippen LogP contribution in [0.5, 0.6) is 5.75 Å². The number of hydrogen-bond acceptors (Lipinski definition) is 9. The molecule has 3 amide bonds. The SMILES string of the molecule is CCOC(=O)c1ccc(NC(=O)COc2ccc(Cl)cc2[C@H]2c3sc(=O)[nH]c3SC3C4CC(C5C(=O)N(c6ccc(Cl)cc6)C(=O)C45)C32)cc1. The number of thioether (sulfide) groups is 1. The Bertz CT molecular complexity index is 2100. The van der Waals surface area contributed by atoms with E-state index in [0.29, 0.717) is 44.7 Å². The van der Waals surface area contributed by atoms with Crippen LogP contribution in [0.1, 0.15) is 40.1 Å². The van der Waals surface area contributed by atoms with Crippen molar-refractivity contribution in [1.29, 1.82) is 0 Å². The van der Waals surface area contributed by atoms with Crippen molar-refractivity contribution in [2.75, 3.05) is 23.4 Å². The number of benzene rings is 3. The van der Waals surface area contributed by atoms with Crippen LogP contribution in [-0.4, -0.2) is 47.1 Å². The maximum atomic E-state index is 14.1. The number of hydrogen-bond donors (Lipinski definition) is 2. The first-order chi connectivity index (χ1) is 24.1. The largest absolute Gasteiger partial charge is 0.483 e. The minimum atomic E-state index is -0.491. The molecule has 2 saturated carbocycles. The van der Waals surface area contributed by atoms with Gasteiger partial charge in [0.25, 0.3) is 5.91 Å². The highest BCUT2D eigenvalue weighted by Crippen LogP contribution is 2.69. The van der Waals surface area contributed by atoms with Crippen LogP contribution in [-0.2, 0) is 19.1 Å². The number of imide groups is 1. The summed E-state index contributed by atoms with van der Waals surface area (Å²) >= 11 is 15.4. The zero-order chi connectivity index (χ0) is 34.8. The summed E-state index contributed by atoms with van der Waals surface area (Å²) in [6.07, 6.45) is 0.716. The summed E-state index contributed by atoms with van der Waals surface area (Å²) in [5.74, 6) is -2.43. The number of nitrogens with one attached hydrogen (secondary N) is 2. The number of carbonyl (C=O) groups excluding carboxylic acids is 4. The summed E-state index contributed by atoms with van der Waals surface area (Å²) in [5.41, 5.74) is 2.08. The quantitative estimate of drug-likeness (QED) is 0.152. The summed E-state index contributed by atoms with van der Waals surface area (Å²) in [6, 6.07) is 18.3. The Morgan fingerprint density at radius 1 is 0.940 bits per heavy atom. The van der Waals surface area contributed by atoms with Gasteiger partial charge in [0.15, 0.2) is 6.61 Å². The molecule has 8 rings (SSSR count). The van der Waals surface area contributed by atoms with Gasteiger partial charge in [-0.25, -0.2) is 4.79 Å².